The molecule has 0 saturated carbocycles. The van der Waals surface area contributed by atoms with Crippen molar-refractivity contribution < 1.29 is 18.1 Å². The zero-order valence-electron chi connectivity index (χ0n) is 17.4. The topological polar surface area (TPSA) is 112 Å². The first-order chi connectivity index (χ1) is 15.4. The van der Waals surface area contributed by atoms with Gasteiger partial charge in [-0.05, 0) is 31.4 Å². The minimum Gasteiger partial charge on any atom is -0.339 e. The molecule has 1 aliphatic rings. The highest BCUT2D eigenvalue weighted by Crippen LogP contribution is 2.22. The normalized spacial score (nSPS) is 13.5. The van der Waals surface area contributed by atoms with Gasteiger partial charge in [0.1, 0.15) is 23.7 Å². The van der Waals surface area contributed by atoms with Crippen molar-refractivity contribution in [3.63, 3.8) is 0 Å². The van der Waals surface area contributed by atoms with Crippen LogP contribution in [0.25, 0.3) is 11.4 Å². The molecule has 168 valence electrons. The van der Waals surface area contributed by atoms with Gasteiger partial charge < -0.3 is 9.84 Å². The van der Waals surface area contributed by atoms with Gasteiger partial charge in [0, 0.05) is 24.7 Å². The van der Waals surface area contributed by atoms with E-state index in [2.05, 4.69) is 15.5 Å². The molecule has 0 saturated heterocycles. The van der Waals surface area contributed by atoms with Gasteiger partial charge in [0.25, 0.3) is 5.56 Å². The lowest BCUT2D eigenvalue weighted by molar-refractivity contribution is -0.116. The van der Waals surface area contributed by atoms with E-state index in [4.69, 9.17) is 4.52 Å². The number of fused-ring (bicyclic) bond motifs is 1. The second kappa shape index (κ2) is 8.85. The van der Waals surface area contributed by atoms with E-state index in [1.165, 1.54) is 4.57 Å². The van der Waals surface area contributed by atoms with E-state index in [0.29, 0.717) is 31.0 Å². The number of hydrogen-bond donors (Lipinski definition) is 1. The number of anilines is 1. The van der Waals surface area contributed by atoms with Crippen molar-refractivity contribution >= 4 is 11.6 Å². The third-order valence-corrected chi connectivity index (χ3v) is 5.33. The van der Waals surface area contributed by atoms with Crippen LogP contribution in [0.3, 0.4) is 0 Å². The number of carbonyl (C=O) groups excluding carboxylic acids is 1. The third kappa shape index (κ3) is 4.10. The highest BCUT2D eigenvalue weighted by atomic mass is 19.1. The van der Waals surface area contributed by atoms with Gasteiger partial charge in [-0.25, -0.2) is 13.6 Å². The summed E-state index contributed by atoms with van der Waals surface area (Å²) in [4.78, 5) is 43.1. The Morgan fingerprint density at radius 2 is 2.03 bits per heavy atom. The average Bonchev–Trinajstić information content (AvgIpc) is 3.10. The van der Waals surface area contributed by atoms with Gasteiger partial charge in [-0.2, -0.15) is 4.98 Å². The Labute approximate surface area is 180 Å². The Kier molecular flexibility index (Phi) is 5.97. The third-order valence-electron chi connectivity index (χ3n) is 5.33. The SMILES string of the molecule is CCc1nc(-c2c3n(c(=O)n(CC(=O)Nc4cc(F)ccc4F)c2=O)CCCCC3)no1. The molecule has 1 amide bonds. The monoisotopic (exact) mass is 445 g/mol. The van der Waals surface area contributed by atoms with Crippen LogP contribution < -0.4 is 16.6 Å². The molecule has 0 radical (unpaired) electrons. The fourth-order valence-corrected chi connectivity index (χ4v) is 3.76. The van der Waals surface area contributed by atoms with Crippen LogP contribution in [0.4, 0.5) is 14.5 Å². The minimum absolute atomic E-state index is 0.0582. The summed E-state index contributed by atoms with van der Waals surface area (Å²) in [6.45, 7) is 1.51. The second-order valence-corrected chi connectivity index (χ2v) is 7.50. The Morgan fingerprint density at radius 3 is 2.78 bits per heavy atom. The second-order valence-electron chi connectivity index (χ2n) is 7.50. The van der Waals surface area contributed by atoms with Crippen LogP contribution >= 0.6 is 0 Å². The molecular weight excluding hydrogens is 424 g/mol. The predicted molar refractivity (Wildman–Crippen MR) is 110 cm³/mol. The highest BCUT2D eigenvalue weighted by molar-refractivity contribution is 5.90. The Balaban J connectivity index is 1.78. The molecule has 32 heavy (non-hydrogen) atoms. The molecule has 0 bridgehead atoms. The summed E-state index contributed by atoms with van der Waals surface area (Å²) in [5.41, 5.74) is -1.15. The maximum absolute atomic E-state index is 13.9. The van der Waals surface area contributed by atoms with Crippen molar-refractivity contribution in [1.82, 2.24) is 19.3 Å². The number of carbonyl (C=O) groups is 1. The highest BCUT2D eigenvalue weighted by Gasteiger charge is 2.26. The largest absolute Gasteiger partial charge is 0.339 e. The van der Waals surface area contributed by atoms with Crippen molar-refractivity contribution in [2.75, 3.05) is 5.32 Å². The Morgan fingerprint density at radius 1 is 1.22 bits per heavy atom. The zero-order valence-corrected chi connectivity index (χ0v) is 17.4. The number of hydrogen-bond acceptors (Lipinski definition) is 6. The molecule has 1 aromatic carbocycles. The van der Waals surface area contributed by atoms with Gasteiger partial charge in [0.15, 0.2) is 0 Å². The number of nitrogens with one attached hydrogen (secondary N) is 1. The van der Waals surface area contributed by atoms with E-state index in [-0.39, 0.29) is 17.1 Å². The number of aromatic nitrogens is 4. The molecule has 0 fully saturated rings. The van der Waals surface area contributed by atoms with Crippen LogP contribution in [0, 0.1) is 11.6 Å². The van der Waals surface area contributed by atoms with Crippen molar-refractivity contribution in [3.05, 3.63) is 62.3 Å². The summed E-state index contributed by atoms with van der Waals surface area (Å²) in [7, 11) is 0. The smallest absolute Gasteiger partial charge is 0.331 e. The summed E-state index contributed by atoms with van der Waals surface area (Å²) in [6.07, 6.45) is 3.35. The molecule has 1 N–H and O–H groups in total. The standard InChI is InChI=1S/C21H21F2N5O4/c1-2-17-25-19(26-32-17)18-15-6-4-3-5-9-27(15)21(31)28(20(18)30)11-16(29)24-14-10-12(22)7-8-13(14)23/h7-8,10H,2-6,9,11H2,1H3,(H,24,29). The lowest BCUT2D eigenvalue weighted by atomic mass is 10.1. The van der Waals surface area contributed by atoms with Crippen LogP contribution in [0.5, 0.6) is 0 Å². The van der Waals surface area contributed by atoms with E-state index >= 15 is 0 Å². The molecule has 4 rings (SSSR count). The van der Waals surface area contributed by atoms with Gasteiger partial charge in [-0.3, -0.25) is 18.7 Å². The van der Waals surface area contributed by atoms with Crippen LogP contribution in [-0.4, -0.2) is 25.2 Å². The first-order valence-electron chi connectivity index (χ1n) is 10.3. The fourth-order valence-electron chi connectivity index (χ4n) is 3.76. The number of nitrogens with zero attached hydrogens (tertiary/aromatic N) is 4. The molecule has 3 heterocycles. The summed E-state index contributed by atoms with van der Waals surface area (Å²) >= 11 is 0. The molecule has 3 aromatic rings. The Bertz CT molecular complexity index is 1290. The first-order valence-corrected chi connectivity index (χ1v) is 10.3. The summed E-state index contributed by atoms with van der Waals surface area (Å²) in [6, 6.07) is 2.60. The Hall–Kier alpha value is -3.63. The maximum Gasteiger partial charge on any atom is 0.331 e. The number of halogens is 2. The molecule has 11 heteroatoms. The van der Waals surface area contributed by atoms with Crippen molar-refractivity contribution in [1.29, 1.82) is 0 Å². The van der Waals surface area contributed by atoms with Crippen LogP contribution in [-0.2, 0) is 30.7 Å². The van der Waals surface area contributed by atoms with Gasteiger partial charge in [0.05, 0.1) is 5.69 Å². The summed E-state index contributed by atoms with van der Waals surface area (Å²) < 4.78 is 34.6. The van der Waals surface area contributed by atoms with Gasteiger partial charge >= 0.3 is 5.69 Å². The molecule has 0 atom stereocenters. The van der Waals surface area contributed by atoms with Crippen molar-refractivity contribution in [2.45, 2.75) is 52.1 Å². The lowest BCUT2D eigenvalue weighted by Crippen LogP contribution is -2.44. The van der Waals surface area contributed by atoms with Crippen molar-refractivity contribution in [3.8, 4) is 11.4 Å². The van der Waals surface area contributed by atoms with E-state index in [9.17, 15) is 23.2 Å². The molecule has 0 unspecified atom stereocenters. The molecule has 2 aromatic heterocycles. The quantitative estimate of drug-likeness (QED) is 0.645. The first kappa shape index (κ1) is 21.6. The molecule has 9 nitrogen and oxygen atoms in total. The molecule has 0 spiro atoms. The van der Waals surface area contributed by atoms with E-state index in [0.717, 1.165) is 42.0 Å². The molecule has 0 aliphatic carbocycles. The average molecular weight is 445 g/mol. The van der Waals surface area contributed by atoms with E-state index < -0.39 is 35.3 Å². The maximum atomic E-state index is 13.9. The number of benzene rings is 1. The number of rotatable bonds is 5. The van der Waals surface area contributed by atoms with Gasteiger partial charge in [0.2, 0.25) is 17.6 Å². The van der Waals surface area contributed by atoms with Crippen LogP contribution in [0.2, 0.25) is 0 Å². The van der Waals surface area contributed by atoms with Gasteiger partial charge in [-0.1, -0.05) is 18.5 Å². The number of aryl methyl sites for hydroxylation is 1. The van der Waals surface area contributed by atoms with Crippen molar-refractivity contribution in [2.24, 2.45) is 0 Å². The lowest BCUT2D eigenvalue weighted by Gasteiger charge is -2.16. The van der Waals surface area contributed by atoms with Crippen LogP contribution in [0.1, 0.15) is 37.8 Å². The zero-order chi connectivity index (χ0) is 22.8. The molecular formula is C21H21F2N5O4. The number of amides is 1. The van der Waals surface area contributed by atoms with E-state index in [1.807, 2.05) is 6.92 Å². The summed E-state index contributed by atoms with van der Waals surface area (Å²) in [5, 5.41) is 6.10. The van der Waals surface area contributed by atoms with E-state index in [1.54, 1.807) is 0 Å². The van der Waals surface area contributed by atoms with Crippen LogP contribution in [0.15, 0.2) is 32.3 Å². The minimum atomic E-state index is -0.851. The fraction of sp³-hybridized carbons (Fsp3) is 0.381. The van der Waals surface area contributed by atoms with Gasteiger partial charge in [-0.15, -0.1) is 0 Å². The predicted octanol–water partition coefficient (Wildman–Crippen LogP) is 2.27. The molecule has 1 aliphatic heterocycles. The summed E-state index contributed by atoms with van der Waals surface area (Å²) in [5.74, 6) is -2.04.